The lowest BCUT2D eigenvalue weighted by molar-refractivity contribution is 0.107. The van der Waals surface area contributed by atoms with Gasteiger partial charge >= 0.3 is 0 Å². The van der Waals surface area contributed by atoms with Crippen LogP contribution in [0.4, 0.5) is 0 Å². The van der Waals surface area contributed by atoms with Gasteiger partial charge in [-0.05, 0) is 23.8 Å². The van der Waals surface area contributed by atoms with Crippen molar-refractivity contribution < 1.29 is 13.5 Å². The molecular formula is C12H21NO3S2. The zero-order valence-corrected chi connectivity index (χ0v) is 12.6. The Morgan fingerprint density at radius 2 is 2.06 bits per heavy atom. The fourth-order valence-corrected chi connectivity index (χ4v) is 4.12. The lowest BCUT2D eigenvalue weighted by atomic mass is 9.94. The van der Waals surface area contributed by atoms with Gasteiger partial charge in [0.05, 0.1) is 12.1 Å². The summed E-state index contributed by atoms with van der Waals surface area (Å²) < 4.78 is 27.2. The highest BCUT2D eigenvalue weighted by Crippen LogP contribution is 2.20. The molecule has 2 N–H and O–H groups in total. The second kappa shape index (κ2) is 6.65. The molecule has 104 valence electrons. The number of rotatable bonds is 7. The quantitative estimate of drug-likeness (QED) is 0.809. The molecule has 18 heavy (non-hydrogen) atoms. The monoisotopic (exact) mass is 291 g/mol. The second-order valence-corrected chi connectivity index (χ2v) is 7.33. The highest BCUT2D eigenvalue weighted by atomic mass is 32.2. The van der Waals surface area contributed by atoms with E-state index in [0.717, 1.165) is 6.42 Å². The summed E-state index contributed by atoms with van der Waals surface area (Å²) >= 11 is 1.18. The molecule has 0 aliphatic carbocycles. The highest BCUT2D eigenvalue weighted by molar-refractivity contribution is 7.91. The van der Waals surface area contributed by atoms with Crippen molar-refractivity contribution >= 4 is 21.4 Å². The number of aliphatic hydroxyl groups excluding tert-OH is 1. The summed E-state index contributed by atoms with van der Waals surface area (Å²) in [5.41, 5.74) is 0. The van der Waals surface area contributed by atoms with Crippen molar-refractivity contribution in [2.24, 2.45) is 5.92 Å². The van der Waals surface area contributed by atoms with Crippen molar-refractivity contribution in [2.75, 3.05) is 0 Å². The smallest absolute Gasteiger partial charge is 0.250 e. The maximum atomic E-state index is 12.1. The number of hydrogen-bond acceptors (Lipinski definition) is 4. The molecule has 0 radical (unpaired) electrons. The third kappa shape index (κ3) is 3.78. The fourth-order valence-electron chi connectivity index (χ4n) is 1.74. The zero-order chi connectivity index (χ0) is 13.8. The number of sulfonamides is 1. The molecule has 1 rings (SSSR count). The van der Waals surface area contributed by atoms with Crippen LogP contribution in [0.2, 0.25) is 0 Å². The second-order valence-electron chi connectivity index (χ2n) is 4.44. The molecule has 1 unspecified atom stereocenters. The minimum absolute atomic E-state index is 0.0923. The average Bonchev–Trinajstić information content (AvgIpc) is 2.88. The van der Waals surface area contributed by atoms with E-state index in [0.29, 0.717) is 10.6 Å². The Kier molecular flexibility index (Phi) is 5.78. The van der Waals surface area contributed by atoms with Gasteiger partial charge in [-0.15, -0.1) is 11.3 Å². The van der Waals surface area contributed by atoms with Crippen LogP contribution in [0.5, 0.6) is 0 Å². The van der Waals surface area contributed by atoms with Crippen molar-refractivity contribution in [1.82, 2.24) is 4.72 Å². The largest absolute Gasteiger partial charge is 0.391 e. The highest BCUT2D eigenvalue weighted by Gasteiger charge is 2.29. The number of nitrogens with one attached hydrogen (secondary N) is 1. The van der Waals surface area contributed by atoms with E-state index in [1.54, 1.807) is 17.5 Å². The van der Waals surface area contributed by atoms with Gasteiger partial charge in [0.1, 0.15) is 4.21 Å². The van der Waals surface area contributed by atoms with Crippen molar-refractivity contribution in [3.8, 4) is 0 Å². The molecule has 1 aromatic rings. The molecule has 1 aromatic heterocycles. The predicted molar refractivity (Wildman–Crippen MR) is 74.2 cm³/mol. The van der Waals surface area contributed by atoms with E-state index in [1.807, 2.05) is 20.8 Å². The maximum Gasteiger partial charge on any atom is 0.250 e. The first kappa shape index (κ1) is 15.6. The average molecular weight is 291 g/mol. The van der Waals surface area contributed by atoms with Crippen molar-refractivity contribution in [3.63, 3.8) is 0 Å². The van der Waals surface area contributed by atoms with E-state index < -0.39 is 22.2 Å². The summed E-state index contributed by atoms with van der Waals surface area (Å²) in [5.74, 6) is 0.0923. The van der Waals surface area contributed by atoms with Gasteiger partial charge in [-0.2, -0.15) is 0 Å². The molecule has 3 atom stereocenters. The lowest BCUT2D eigenvalue weighted by Crippen LogP contribution is -2.46. The van der Waals surface area contributed by atoms with Crippen LogP contribution < -0.4 is 4.72 Å². The molecule has 4 nitrogen and oxygen atoms in total. The molecule has 6 heteroatoms. The molecule has 1 heterocycles. The first-order valence-corrected chi connectivity index (χ1v) is 8.52. The minimum Gasteiger partial charge on any atom is -0.391 e. The van der Waals surface area contributed by atoms with Crippen LogP contribution in [0.25, 0.3) is 0 Å². The third-order valence-electron chi connectivity index (χ3n) is 3.14. The van der Waals surface area contributed by atoms with Gasteiger partial charge in [0, 0.05) is 0 Å². The van der Waals surface area contributed by atoms with Crippen LogP contribution >= 0.6 is 11.3 Å². The summed E-state index contributed by atoms with van der Waals surface area (Å²) in [5, 5.41) is 11.7. The molecule has 0 bridgehead atoms. The number of aliphatic hydroxyl groups is 1. The Bertz CT molecular complexity index is 432. The topological polar surface area (TPSA) is 66.4 Å². The first-order valence-electron chi connectivity index (χ1n) is 6.16. The molecule has 0 aliphatic heterocycles. The molecule has 0 spiro atoms. The van der Waals surface area contributed by atoms with Crippen molar-refractivity contribution in [2.45, 2.75) is 50.0 Å². The summed E-state index contributed by atoms with van der Waals surface area (Å²) in [7, 11) is -3.52. The van der Waals surface area contributed by atoms with Crippen LogP contribution in [0.1, 0.15) is 33.6 Å². The lowest BCUT2D eigenvalue weighted by Gasteiger charge is -2.27. The third-order valence-corrected chi connectivity index (χ3v) is 6.00. The Morgan fingerprint density at radius 1 is 1.39 bits per heavy atom. The maximum absolute atomic E-state index is 12.1. The minimum atomic E-state index is -3.52. The Balaban J connectivity index is 2.90. The van der Waals surface area contributed by atoms with Crippen LogP contribution in [0, 0.1) is 5.92 Å². The summed E-state index contributed by atoms with van der Waals surface area (Å²) in [6, 6.07) is 2.83. The van der Waals surface area contributed by atoms with Gasteiger partial charge in [0.2, 0.25) is 10.0 Å². The van der Waals surface area contributed by atoms with Gasteiger partial charge in [-0.25, -0.2) is 13.1 Å². The van der Waals surface area contributed by atoms with E-state index in [4.69, 9.17) is 0 Å². The standard InChI is InChI=1S/C12H21NO3S2/c1-4-9(3)12(10(14)5-2)13-18(15,16)11-7-6-8-17-11/h6-10,12-14H,4-5H2,1-3H3/t9-,10?,12-/m0/s1. The van der Waals surface area contributed by atoms with Gasteiger partial charge in [0.25, 0.3) is 0 Å². The molecular weight excluding hydrogens is 270 g/mol. The van der Waals surface area contributed by atoms with Crippen LogP contribution in [-0.2, 0) is 10.0 Å². The summed E-state index contributed by atoms with van der Waals surface area (Å²) in [6.07, 6.45) is 0.686. The summed E-state index contributed by atoms with van der Waals surface area (Å²) in [6.45, 7) is 5.78. The van der Waals surface area contributed by atoms with E-state index in [-0.39, 0.29) is 5.92 Å². The molecule has 0 aliphatic rings. The predicted octanol–water partition coefficient (Wildman–Crippen LogP) is 2.21. The van der Waals surface area contributed by atoms with Crippen LogP contribution in [0.15, 0.2) is 21.7 Å². The van der Waals surface area contributed by atoms with Gasteiger partial charge < -0.3 is 5.11 Å². The van der Waals surface area contributed by atoms with Crippen LogP contribution in [-0.4, -0.2) is 25.7 Å². The Hall–Kier alpha value is -0.430. The number of hydrogen-bond donors (Lipinski definition) is 2. The van der Waals surface area contributed by atoms with Crippen LogP contribution in [0.3, 0.4) is 0 Å². The van der Waals surface area contributed by atoms with E-state index >= 15 is 0 Å². The molecule has 0 fully saturated rings. The van der Waals surface area contributed by atoms with E-state index in [9.17, 15) is 13.5 Å². The number of thiophene rings is 1. The van der Waals surface area contributed by atoms with Gasteiger partial charge in [0.15, 0.2) is 0 Å². The zero-order valence-electron chi connectivity index (χ0n) is 11.0. The van der Waals surface area contributed by atoms with Crippen molar-refractivity contribution in [1.29, 1.82) is 0 Å². The molecule has 0 aromatic carbocycles. The van der Waals surface area contributed by atoms with E-state index in [2.05, 4.69) is 4.72 Å². The Morgan fingerprint density at radius 3 is 2.50 bits per heavy atom. The van der Waals surface area contributed by atoms with Gasteiger partial charge in [-0.3, -0.25) is 0 Å². The molecule has 0 saturated carbocycles. The molecule has 0 saturated heterocycles. The summed E-state index contributed by atoms with van der Waals surface area (Å²) in [4.78, 5) is 0. The Labute approximate surface area is 113 Å². The first-order chi connectivity index (χ1) is 8.42. The normalized spacial score (nSPS) is 17.3. The SMILES string of the molecule is CCC(O)[C@@H](NS(=O)(=O)c1cccs1)[C@@H](C)CC. The van der Waals surface area contributed by atoms with Crippen molar-refractivity contribution in [3.05, 3.63) is 17.5 Å². The molecule has 0 amide bonds. The van der Waals surface area contributed by atoms with Gasteiger partial charge in [-0.1, -0.05) is 33.3 Å². The van der Waals surface area contributed by atoms with E-state index in [1.165, 1.54) is 11.3 Å². The fraction of sp³-hybridized carbons (Fsp3) is 0.667.